The topological polar surface area (TPSA) is 104 Å². The number of nitrogens with one attached hydrogen (secondary N) is 2. The summed E-state index contributed by atoms with van der Waals surface area (Å²) in [7, 11) is -4.11. The van der Waals surface area contributed by atoms with Crippen LogP contribution in [0.3, 0.4) is 0 Å². The summed E-state index contributed by atoms with van der Waals surface area (Å²) in [6.07, 6.45) is 0. The van der Waals surface area contributed by atoms with Crippen LogP contribution in [0.4, 0.5) is 0 Å². The van der Waals surface area contributed by atoms with Crippen LogP contribution in [0.5, 0.6) is 0 Å². The summed E-state index contributed by atoms with van der Waals surface area (Å²) < 4.78 is 27.7. The van der Waals surface area contributed by atoms with E-state index in [1.54, 1.807) is 4.83 Å². The van der Waals surface area contributed by atoms with Gasteiger partial charge in [-0.05, 0) is 0 Å². The summed E-state index contributed by atoms with van der Waals surface area (Å²) >= 11 is 0. The Hall–Kier alpha value is 0.790. The fraction of sp³-hybridized carbons (Fsp3) is 1.00. The summed E-state index contributed by atoms with van der Waals surface area (Å²) in [4.78, 5) is 1.62. The van der Waals surface area contributed by atoms with Crippen molar-refractivity contribution >= 4 is 39.9 Å². The molecule has 8 heteroatoms. The molecule has 0 aliphatic carbocycles. The number of hydrogen-bond donors (Lipinski definition) is 4. The zero-order chi connectivity index (χ0) is 7.33. The normalized spacial score (nSPS) is 10.6. The van der Waals surface area contributed by atoms with Crippen LogP contribution in [-0.2, 0) is 10.3 Å². The fourth-order valence-corrected chi connectivity index (χ4v) is 0.499. The van der Waals surface area contributed by atoms with Crippen LogP contribution in [0.15, 0.2) is 0 Å². The molecule has 0 aliphatic heterocycles. The second-order valence-corrected chi connectivity index (χ2v) is 2.45. The van der Waals surface area contributed by atoms with Gasteiger partial charge >= 0.3 is 39.9 Å². The molecule has 0 heterocycles. The molecule has 5 N–H and O–H groups in total. The van der Waals surface area contributed by atoms with Crippen molar-refractivity contribution in [3.63, 3.8) is 0 Å². The number of hydrogen-bond acceptors (Lipinski definition) is 4. The van der Waals surface area contributed by atoms with Crippen LogP contribution in [0, 0.1) is 0 Å². The van der Waals surface area contributed by atoms with Crippen molar-refractivity contribution in [1.82, 2.24) is 10.3 Å². The maximum atomic E-state index is 9.85. The number of rotatable bonds is 4. The molecule has 0 bridgehead atoms. The van der Waals surface area contributed by atoms with Gasteiger partial charge in [0.2, 0.25) is 0 Å². The third kappa shape index (κ3) is 11.6. The minimum atomic E-state index is -4.11. The van der Waals surface area contributed by atoms with E-state index in [2.05, 4.69) is 5.43 Å². The Morgan fingerprint density at radius 2 is 2.00 bits per heavy atom. The summed E-state index contributed by atoms with van der Waals surface area (Å²) in [6, 6.07) is 0. The van der Waals surface area contributed by atoms with Gasteiger partial charge < -0.3 is 5.73 Å². The Morgan fingerprint density at radius 3 is 2.30 bits per heavy atom. The van der Waals surface area contributed by atoms with Gasteiger partial charge in [-0.25, -0.2) is 5.43 Å². The zero-order valence-electron chi connectivity index (χ0n) is 4.66. The third-order valence-electron chi connectivity index (χ3n) is 0.470. The molecule has 0 unspecified atom stereocenters. The third-order valence-corrected chi connectivity index (χ3v) is 0.873. The summed E-state index contributed by atoms with van der Waals surface area (Å²) in [6.45, 7) is 0.572. The first-order chi connectivity index (χ1) is 4.06. The van der Waals surface area contributed by atoms with Crippen LogP contribution in [0.25, 0.3) is 0 Å². The summed E-state index contributed by atoms with van der Waals surface area (Å²) in [5.74, 6) is 0. The van der Waals surface area contributed by atoms with E-state index in [1.165, 1.54) is 0 Å². The van der Waals surface area contributed by atoms with Crippen molar-refractivity contribution in [1.29, 1.82) is 0 Å². The van der Waals surface area contributed by atoms with Crippen molar-refractivity contribution in [3.8, 4) is 0 Å². The van der Waals surface area contributed by atoms with Crippen LogP contribution < -0.4 is 16.0 Å². The number of hydrazine groups is 1. The second kappa shape index (κ2) is 6.50. The molecule has 0 rings (SSSR count). The summed E-state index contributed by atoms with van der Waals surface area (Å²) in [5, 5.41) is 0. The van der Waals surface area contributed by atoms with E-state index in [4.69, 9.17) is 10.3 Å². The predicted octanol–water partition coefficient (Wildman–Crippen LogP) is -2.81. The molecule has 0 radical (unpaired) electrons. The zero-order valence-corrected chi connectivity index (χ0v) is 5.48. The van der Waals surface area contributed by atoms with E-state index in [9.17, 15) is 8.42 Å². The first-order valence-electron chi connectivity index (χ1n) is 2.23. The molecule has 0 aromatic heterocycles. The Kier molecular flexibility index (Phi) is 8.70. The van der Waals surface area contributed by atoms with E-state index < -0.39 is 10.3 Å². The van der Waals surface area contributed by atoms with Gasteiger partial charge in [0, 0.05) is 13.1 Å². The van der Waals surface area contributed by atoms with Crippen LogP contribution in [-0.4, -0.2) is 55.6 Å². The molecular formula is C2H10N3NaO3S. The first kappa shape index (κ1) is 13.4. The SMILES string of the molecule is NCCNNS(=O)(=O)O.[NaH]. The van der Waals surface area contributed by atoms with E-state index in [1.807, 2.05) is 0 Å². The van der Waals surface area contributed by atoms with Gasteiger partial charge in [-0.1, -0.05) is 0 Å². The Bertz CT molecular complexity index is 157. The summed E-state index contributed by atoms with van der Waals surface area (Å²) in [5.41, 5.74) is 7.14. The monoisotopic (exact) mass is 179 g/mol. The van der Waals surface area contributed by atoms with Gasteiger partial charge in [0.1, 0.15) is 0 Å². The molecule has 58 valence electrons. The van der Waals surface area contributed by atoms with Gasteiger partial charge in [-0.3, -0.25) is 4.55 Å². The molecule has 0 aromatic carbocycles. The van der Waals surface area contributed by atoms with Gasteiger partial charge in [0.05, 0.1) is 0 Å². The molecule has 6 nitrogen and oxygen atoms in total. The molecule has 0 amide bonds. The van der Waals surface area contributed by atoms with E-state index in [-0.39, 0.29) is 36.1 Å². The van der Waals surface area contributed by atoms with Gasteiger partial charge in [0.25, 0.3) is 0 Å². The second-order valence-electron chi connectivity index (χ2n) is 1.29. The van der Waals surface area contributed by atoms with Crippen LogP contribution >= 0.6 is 0 Å². The fourth-order valence-electron chi connectivity index (χ4n) is 0.214. The van der Waals surface area contributed by atoms with Crippen molar-refractivity contribution < 1.29 is 13.0 Å². The average Bonchev–Trinajstić information content (AvgIpc) is 1.63. The molecule has 0 spiro atoms. The Morgan fingerprint density at radius 1 is 1.50 bits per heavy atom. The standard InChI is InChI=1S/C2H9N3O3S.Na.H/c3-1-2-4-5-9(6,7)8;;/h4-5H,1-3H2,(H,6,7,8);;. The van der Waals surface area contributed by atoms with Gasteiger partial charge in [-0.15, -0.1) is 4.83 Å². The Balaban J connectivity index is 0. The average molecular weight is 179 g/mol. The molecule has 0 aliphatic rings. The quantitative estimate of drug-likeness (QED) is 0.161. The minimum absolute atomic E-state index is 0. The molecule has 0 atom stereocenters. The van der Waals surface area contributed by atoms with E-state index in [0.717, 1.165) is 0 Å². The number of nitrogens with two attached hydrogens (primary N) is 1. The van der Waals surface area contributed by atoms with Gasteiger partial charge in [0.15, 0.2) is 0 Å². The van der Waals surface area contributed by atoms with Crippen molar-refractivity contribution in [2.45, 2.75) is 0 Å². The maximum absolute atomic E-state index is 9.85. The molecule has 10 heavy (non-hydrogen) atoms. The molecular weight excluding hydrogens is 169 g/mol. The molecule has 0 saturated heterocycles. The van der Waals surface area contributed by atoms with Crippen LogP contribution in [0.1, 0.15) is 0 Å². The van der Waals surface area contributed by atoms with Crippen LogP contribution in [0.2, 0.25) is 0 Å². The molecule has 0 saturated carbocycles. The van der Waals surface area contributed by atoms with Crippen molar-refractivity contribution in [2.24, 2.45) is 5.73 Å². The molecule has 0 aromatic rings. The molecule has 0 fully saturated rings. The van der Waals surface area contributed by atoms with E-state index >= 15 is 0 Å². The van der Waals surface area contributed by atoms with E-state index in [0.29, 0.717) is 6.54 Å². The predicted molar refractivity (Wildman–Crippen MR) is 38.9 cm³/mol. The van der Waals surface area contributed by atoms with Crippen molar-refractivity contribution in [2.75, 3.05) is 13.1 Å². The van der Waals surface area contributed by atoms with Gasteiger partial charge in [-0.2, -0.15) is 8.42 Å². The first-order valence-corrected chi connectivity index (χ1v) is 3.67. The Labute approximate surface area is 81.7 Å². The van der Waals surface area contributed by atoms with Crippen molar-refractivity contribution in [3.05, 3.63) is 0 Å².